The number of nitriles is 1. The van der Waals surface area contributed by atoms with Crippen LogP contribution in [0.3, 0.4) is 0 Å². The third-order valence-electron chi connectivity index (χ3n) is 5.36. The highest BCUT2D eigenvalue weighted by Crippen LogP contribution is 2.35. The zero-order valence-electron chi connectivity index (χ0n) is 20.0. The first-order valence-corrected chi connectivity index (χ1v) is 12.3. The van der Waals surface area contributed by atoms with Gasteiger partial charge >= 0.3 is 0 Å². The van der Waals surface area contributed by atoms with Crippen LogP contribution in [0.5, 0.6) is 17.2 Å². The van der Waals surface area contributed by atoms with Crippen LogP contribution in [0.4, 0.5) is 9.18 Å². The second kappa shape index (κ2) is 12.1. The molecule has 2 amide bonds. The summed E-state index contributed by atoms with van der Waals surface area (Å²) in [5, 5.41) is 8.89. The molecule has 37 heavy (non-hydrogen) atoms. The minimum Gasteiger partial charge on any atom is -0.492 e. The lowest BCUT2D eigenvalue weighted by Gasteiger charge is -2.14. The average molecular weight is 519 g/mol. The summed E-state index contributed by atoms with van der Waals surface area (Å²) in [5.74, 6) is 0.644. The van der Waals surface area contributed by atoms with Crippen molar-refractivity contribution >= 4 is 29.0 Å². The lowest BCUT2D eigenvalue weighted by Crippen LogP contribution is -2.32. The number of hydrogen-bond donors (Lipinski definition) is 0. The van der Waals surface area contributed by atoms with Crippen molar-refractivity contribution in [3.05, 3.63) is 94.1 Å². The molecule has 0 bridgehead atoms. The molecule has 7 nitrogen and oxygen atoms in total. The molecular formula is C28H23FN2O5S. The lowest BCUT2D eigenvalue weighted by molar-refractivity contribution is -0.123. The fraction of sp³-hybridized carbons (Fsp3) is 0.179. The smallest absolute Gasteiger partial charge is 0.293 e. The maximum atomic E-state index is 13.0. The molecule has 4 rings (SSSR count). The Morgan fingerprint density at radius 3 is 2.54 bits per heavy atom. The van der Waals surface area contributed by atoms with Crippen LogP contribution in [0.15, 0.2) is 71.6 Å². The van der Waals surface area contributed by atoms with E-state index in [0.29, 0.717) is 35.0 Å². The van der Waals surface area contributed by atoms with Crippen LogP contribution in [-0.2, 0) is 11.4 Å². The normalized spacial score (nSPS) is 14.1. The van der Waals surface area contributed by atoms with Gasteiger partial charge in [-0.25, -0.2) is 4.39 Å². The van der Waals surface area contributed by atoms with E-state index < -0.39 is 5.91 Å². The van der Waals surface area contributed by atoms with Gasteiger partial charge in [0.15, 0.2) is 11.5 Å². The summed E-state index contributed by atoms with van der Waals surface area (Å²) in [4.78, 5) is 26.7. The molecule has 0 radical (unpaired) electrons. The summed E-state index contributed by atoms with van der Waals surface area (Å²) < 4.78 is 30.2. The third kappa shape index (κ3) is 6.48. The number of rotatable bonds is 10. The number of thioether (sulfide) groups is 1. The summed E-state index contributed by atoms with van der Waals surface area (Å²) in [6.07, 6.45) is 1.63. The second-order valence-corrected chi connectivity index (χ2v) is 8.83. The van der Waals surface area contributed by atoms with Gasteiger partial charge in [-0.2, -0.15) is 5.26 Å². The largest absolute Gasteiger partial charge is 0.492 e. The second-order valence-electron chi connectivity index (χ2n) is 7.83. The SMILES string of the molecule is CCOc1cc(/C=C2\SC(=O)N(CCOc3ccc(F)cc3)C2=O)ccc1OCc1ccccc1C#N. The van der Waals surface area contributed by atoms with Gasteiger partial charge in [0.1, 0.15) is 24.8 Å². The molecule has 3 aromatic rings. The monoisotopic (exact) mass is 518 g/mol. The molecule has 0 atom stereocenters. The Hall–Kier alpha value is -4.29. The van der Waals surface area contributed by atoms with Gasteiger partial charge in [0.2, 0.25) is 0 Å². The predicted molar refractivity (Wildman–Crippen MR) is 138 cm³/mol. The van der Waals surface area contributed by atoms with Crippen LogP contribution in [-0.4, -0.2) is 35.8 Å². The van der Waals surface area contributed by atoms with Crippen LogP contribution < -0.4 is 14.2 Å². The van der Waals surface area contributed by atoms with Gasteiger partial charge in [0.25, 0.3) is 11.1 Å². The van der Waals surface area contributed by atoms with E-state index in [0.717, 1.165) is 22.2 Å². The Kier molecular flexibility index (Phi) is 8.44. The maximum Gasteiger partial charge on any atom is 0.293 e. The number of nitrogens with zero attached hydrogens (tertiary/aromatic N) is 2. The van der Waals surface area contributed by atoms with E-state index in [1.54, 1.807) is 36.4 Å². The summed E-state index contributed by atoms with van der Waals surface area (Å²) in [5.41, 5.74) is 1.96. The molecule has 1 fully saturated rings. The van der Waals surface area contributed by atoms with Gasteiger partial charge < -0.3 is 14.2 Å². The molecule has 0 unspecified atom stereocenters. The molecule has 0 N–H and O–H groups in total. The average Bonchev–Trinajstić information content (AvgIpc) is 3.17. The lowest BCUT2D eigenvalue weighted by atomic mass is 10.1. The number of carbonyl (C=O) groups excluding carboxylic acids is 2. The van der Waals surface area contributed by atoms with E-state index in [4.69, 9.17) is 14.2 Å². The summed E-state index contributed by atoms with van der Waals surface area (Å²) in [7, 11) is 0. The first-order chi connectivity index (χ1) is 18.0. The van der Waals surface area contributed by atoms with Crippen LogP contribution in [0.2, 0.25) is 0 Å². The summed E-state index contributed by atoms with van der Waals surface area (Å²) in [6, 6.07) is 20.1. The fourth-order valence-corrected chi connectivity index (χ4v) is 4.41. The van der Waals surface area contributed by atoms with E-state index >= 15 is 0 Å². The number of halogens is 1. The van der Waals surface area contributed by atoms with Gasteiger partial charge in [0, 0.05) is 5.56 Å². The minimum atomic E-state index is -0.413. The fourth-order valence-electron chi connectivity index (χ4n) is 3.54. The van der Waals surface area contributed by atoms with Crippen LogP contribution in [0.1, 0.15) is 23.6 Å². The molecule has 0 spiro atoms. The predicted octanol–water partition coefficient (Wildman–Crippen LogP) is 5.79. The van der Waals surface area contributed by atoms with Crippen molar-refractivity contribution < 1.29 is 28.2 Å². The Morgan fingerprint density at radius 1 is 1.00 bits per heavy atom. The van der Waals surface area contributed by atoms with E-state index in [1.807, 2.05) is 19.1 Å². The van der Waals surface area contributed by atoms with Crippen LogP contribution >= 0.6 is 11.8 Å². The molecule has 1 aliphatic rings. The van der Waals surface area contributed by atoms with Crippen molar-refractivity contribution in [1.82, 2.24) is 4.90 Å². The molecule has 0 aliphatic carbocycles. The number of benzene rings is 3. The van der Waals surface area contributed by atoms with Crippen molar-refractivity contribution in [3.63, 3.8) is 0 Å². The highest BCUT2D eigenvalue weighted by Gasteiger charge is 2.34. The van der Waals surface area contributed by atoms with Gasteiger partial charge in [-0.05, 0) is 72.8 Å². The number of hydrogen-bond acceptors (Lipinski definition) is 7. The Morgan fingerprint density at radius 2 is 1.78 bits per heavy atom. The molecule has 1 heterocycles. The van der Waals surface area contributed by atoms with Gasteiger partial charge in [-0.15, -0.1) is 0 Å². The molecule has 0 saturated carbocycles. The Balaban J connectivity index is 1.43. The summed E-state index contributed by atoms with van der Waals surface area (Å²) >= 11 is 0.851. The highest BCUT2D eigenvalue weighted by atomic mass is 32.2. The topological polar surface area (TPSA) is 88.9 Å². The van der Waals surface area contributed by atoms with E-state index in [2.05, 4.69) is 6.07 Å². The quantitative estimate of drug-likeness (QED) is 0.314. The molecule has 9 heteroatoms. The molecule has 1 aliphatic heterocycles. The molecular weight excluding hydrogens is 495 g/mol. The maximum absolute atomic E-state index is 13.0. The van der Waals surface area contributed by atoms with Crippen LogP contribution in [0.25, 0.3) is 6.08 Å². The molecule has 0 aromatic heterocycles. The van der Waals surface area contributed by atoms with Crippen molar-refractivity contribution in [2.75, 3.05) is 19.8 Å². The first-order valence-electron chi connectivity index (χ1n) is 11.5. The zero-order valence-corrected chi connectivity index (χ0v) is 20.8. The third-order valence-corrected chi connectivity index (χ3v) is 6.26. The van der Waals surface area contributed by atoms with Crippen molar-refractivity contribution in [3.8, 4) is 23.3 Å². The van der Waals surface area contributed by atoms with E-state index in [9.17, 15) is 19.2 Å². The Bertz CT molecular complexity index is 1370. The van der Waals surface area contributed by atoms with E-state index in [-0.39, 0.29) is 35.7 Å². The van der Waals surface area contributed by atoms with Gasteiger partial charge in [0.05, 0.1) is 29.7 Å². The van der Waals surface area contributed by atoms with Crippen LogP contribution in [0, 0.1) is 17.1 Å². The standard InChI is InChI=1S/C28H23FN2O5S/c1-2-34-25-15-19(7-12-24(25)36-18-21-6-4-3-5-20(21)17-30)16-26-27(32)31(28(33)37-26)13-14-35-23-10-8-22(29)9-11-23/h3-12,15-16H,2,13-14,18H2,1H3/b26-16-. The Labute approximate surface area is 218 Å². The highest BCUT2D eigenvalue weighted by molar-refractivity contribution is 8.18. The number of ether oxygens (including phenoxy) is 3. The summed E-state index contributed by atoms with van der Waals surface area (Å²) in [6.45, 7) is 2.61. The van der Waals surface area contributed by atoms with E-state index in [1.165, 1.54) is 24.3 Å². The minimum absolute atomic E-state index is 0.0700. The van der Waals surface area contributed by atoms with Crippen molar-refractivity contribution in [1.29, 1.82) is 5.26 Å². The van der Waals surface area contributed by atoms with Gasteiger partial charge in [-0.1, -0.05) is 24.3 Å². The molecule has 1 saturated heterocycles. The first kappa shape index (κ1) is 25.8. The number of carbonyl (C=O) groups is 2. The number of amides is 2. The number of imide groups is 1. The molecule has 3 aromatic carbocycles. The zero-order chi connectivity index (χ0) is 26.2. The van der Waals surface area contributed by atoms with Crippen molar-refractivity contribution in [2.45, 2.75) is 13.5 Å². The van der Waals surface area contributed by atoms with Gasteiger partial charge in [-0.3, -0.25) is 14.5 Å². The molecule has 188 valence electrons. The van der Waals surface area contributed by atoms with Crippen molar-refractivity contribution in [2.24, 2.45) is 0 Å².